The summed E-state index contributed by atoms with van der Waals surface area (Å²) in [5.41, 5.74) is 2.16. The van der Waals surface area contributed by atoms with E-state index in [0.717, 1.165) is 10.6 Å². The molecule has 2 amide bonds. The third-order valence-corrected chi connectivity index (χ3v) is 6.46. The lowest BCUT2D eigenvalue weighted by Gasteiger charge is -1.99. The van der Waals surface area contributed by atoms with Crippen LogP contribution in [0.3, 0.4) is 0 Å². The normalized spacial score (nSPS) is 10.8. The first-order valence-corrected chi connectivity index (χ1v) is 11.3. The maximum Gasteiger partial charge on any atom is 0.269 e. The summed E-state index contributed by atoms with van der Waals surface area (Å²) < 4.78 is 5.70. The first kappa shape index (κ1) is 21.2. The standard InChI is InChI=1S/C21H17ClN4O3S2/c1-11-18(31-20(24-11)13-3-5-14(22)6-4-13)19(28)26-21-25-16(10-30-21)17-8-7-15(29-17)9-23-12(2)27/h3-8,10H,9H2,1-2H3,(H,23,27)(H,25,26,28). The van der Waals surface area contributed by atoms with E-state index in [4.69, 9.17) is 16.0 Å². The highest BCUT2D eigenvalue weighted by Crippen LogP contribution is 2.31. The minimum Gasteiger partial charge on any atom is -0.458 e. The summed E-state index contributed by atoms with van der Waals surface area (Å²) in [6.45, 7) is 3.56. The Labute approximate surface area is 191 Å². The molecule has 0 unspecified atom stereocenters. The molecular weight excluding hydrogens is 456 g/mol. The predicted molar refractivity (Wildman–Crippen MR) is 123 cm³/mol. The number of nitrogens with zero attached hydrogens (tertiary/aromatic N) is 2. The number of hydrogen-bond donors (Lipinski definition) is 2. The molecule has 31 heavy (non-hydrogen) atoms. The van der Waals surface area contributed by atoms with Gasteiger partial charge in [-0.1, -0.05) is 23.7 Å². The molecule has 3 heterocycles. The van der Waals surface area contributed by atoms with Crippen molar-refractivity contribution in [1.82, 2.24) is 15.3 Å². The molecule has 0 bridgehead atoms. The molecule has 0 aliphatic heterocycles. The number of thiazole rings is 2. The number of furan rings is 1. The zero-order valence-electron chi connectivity index (χ0n) is 16.6. The number of aryl methyl sites for hydroxylation is 1. The molecule has 0 atom stereocenters. The molecule has 0 saturated heterocycles. The highest BCUT2D eigenvalue weighted by molar-refractivity contribution is 7.17. The Hall–Kier alpha value is -3.01. The van der Waals surface area contributed by atoms with Gasteiger partial charge in [0, 0.05) is 22.9 Å². The van der Waals surface area contributed by atoms with Crippen molar-refractivity contribution in [1.29, 1.82) is 0 Å². The summed E-state index contributed by atoms with van der Waals surface area (Å²) in [5.74, 6) is 0.797. The number of benzene rings is 1. The molecule has 0 fully saturated rings. The number of aromatic nitrogens is 2. The van der Waals surface area contributed by atoms with Crippen LogP contribution in [-0.4, -0.2) is 21.8 Å². The Morgan fingerprint density at radius 3 is 2.65 bits per heavy atom. The Morgan fingerprint density at radius 1 is 1.13 bits per heavy atom. The molecule has 0 radical (unpaired) electrons. The summed E-state index contributed by atoms with van der Waals surface area (Å²) in [6.07, 6.45) is 0. The van der Waals surface area contributed by atoms with E-state index < -0.39 is 0 Å². The Morgan fingerprint density at radius 2 is 1.90 bits per heavy atom. The van der Waals surface area contributed by atoms with Crippen molar-refractivity contribution >= 4 is 51.2 Å². The van der Waals surface area contributed by atoms with Crippen molar-refractivity contribution in [2.75, 3.05) is 5.32 Å². The van der Waals surface area contributed by atoms with Gasteiger partial charge in [-0.2, -0.15) is 0 Å². The number of carbonyl (C=O) groups is 2. The Balaban J connectivity index is 1.46. The summed E-state index contributed by atoms with van der Waals surface area (Å²) in [4.78, 5) is 33.3. The topological polar surface area (TPSA) is 97.1 Å². The van der Waals surface area contributed by atoms with E-state index in [-0.39, 0.29) is 11.8 Å². The van der Waals surface area contributed by atoms with E-state index >= 15 is 0 Å². The van der Waals surface area contributed by atoms with Crippen molar-refractivity contribution in [3.8, 4) is 22.0 Å². The quantitative estimate of drug-likeness (QED) is 0.393. The lowest BCUT2D eigenvalue weighted by atomic mass is 10.2. The molecule has 4 aromatic rings. The summed E-state index contributed by atoms with van der Waals surface area (Å²) in [5, 5.41) is 9.17. The molecule has 0 aliphatic rings. The second kappa shape index (κ2) is 9.01. The van der Waals surface area contributed by atoms with Crippen LogP contribution in [0.4, 0.5) is 5.13 Å². The highest BCUT2D eigenvalue weighted by Gasteiger charge is 2.18. The monoisotopic (exact) mass is 472 g/mol. The number of carbonyl (C=O) groups excluding carboxylic acids is 2. The number of nitrogens with one attached hydrogen (secondary N) is 2. The molecule has 1 aromatic carbocycles. The van der Waals surface area contributed by atoms with Crippen LogP contribution in [0.25, 0.3) is 22.0 Å². The molecular formula is C21H17ClN4O3S2. The summed E-state index contributed by atoms with van der Waals surface area (Å²) in [7, 11) is 0. The second-order valence-electron chi connectivity index (χ2n) is 6.61. The molecule has 2 N–H and O–H groups in total. The van der Waals surface area contributed by atoms with Gasteiger partial charge in [0.25, 0.3) is 5.91 Å². The molecule has 0 aliphatic carbocycles. The van der Waals surface area contributed by atoms with Gasteiger partial charge in [-0.25, -0.2) is 9.97 Å². The van der Waals surface area contributed by atoms with Gasteiger partial charge in [-0.3, -0.25) is 14.9 Å². The van der Waals surface area contributed by atoms with Crippen molar-refractivity contribution in [3.63, 3.8) is 0 Å². The zero-order chi connectivity index (χ0) is 22.0. The molecule has 4 rings (SSSR count). The number of halogens is 1. The van der Waals surface area contributed by atoms with E-state index in [0.29, 0.717) is 44.5 Å². The number of amides is 2. The SMILES string of the molecule is CC(=O)NCc1ccc(-c2csc(NC(=O)c3sc(-c4ccc(Cl)cc4)nc3C)n2)o1. The van der Waals surface area contributed by atoms with E-state index in [1.165, 1.54) is 29.6 Å². The lowest BCUT2D eigenvalue weighted by Crippen LogP contribution is -2.18. The smallest absolute Gasteiger partial charge is 0.269 e. The van der Waals surface area contributed by atoms with E-state index in [9.17, 15) is 9.59 Å². The lowest BCUT2D eigenvalue weighted by molar-refractivity contribution is -0.119. The van der Waals surface area contributed by atoms with Gasteiger partial charge in [0.05, 0.1) is 12.2 Å². The highest BCUT2D eigenvalue weighted by atomic mass is 35.5. The molecule has 3 aromatic heterocycles. The average molecular weight is 473 g/mol. The zero-order valence-corrected chi connectivity index (χ0v) is 19.0. The van der Waals surface area contributed by atoms with Gasteiger partial charge < -0.3 is 9.73 Å². The van der Waals surface area contributed by atoms with E-state index in [1.54, 1.807) is 36.6 Å². The first-order chi connectivity index (χ1) is 14.9. The van der Waals surface area contributed by atoms with Crippen LogP contribution in [0.2, 0.25) is 5.02 Å². The van der Waals surface area contributed by atoms with Crippen molar-refractivity contribution in [2.45, 2.75) is 20.4 Å². The minimum absolute atomic E-state index is 0.130. The first-order valence-electron chi connectivity index (χ1n) is 9.23. The molecule has 158 valence electrons. The fourth-order valence-corrected chi connectivity index (χ4v) is 4.53. The fraction of sp³-hybridized carbons (Fsp3) is 0.143. The molecule has 0 saturated carbocycles. The molecule has 7 nitrogen and oxygen atoms in total. The predicted octanol–water partition coefficient (Wildman–Crippen LogP) is 5.38. The van der Waals surface area contributed by atoms with Crippen molar-refractivity contribution in [2.24, 2.45) is 0 Å². The Bertz CT molecular complexity index is 1240. The largest absolute Gasteiger partial charge is 0.458 e. The minimum atomic E-state index is -0.262. The second-order valence-corrected chi connectivity index (χ2v) is 8.90. The summed E-state index contributed by atoms with van der Waals surface area (Å²) in [6, 6.07) is 10.9. The van der Waals surface area contributed by atoms with Gasteiger partial charge in [0.15, 0.2) is 10.9 Å². The van der Waals surface area contributed by atoms with E-state index in [1.807, 2.05) is 12.1 Å². The van der Waals surface area contributed by atoms with Gasteiger partial charge in [0.2, 0.25) is 5.91 Å². The van der Waals surface area contributed by atoms with Crippen LogP contribution >= 0.6 is 34.3 Å². The molecule has 0 spiro atoms. The Kier molecular flexibility index (Phi) is 6.17. The summed E-state index contributed by atoms with van der Waals surface area (Å²) >= 11 is 8.56. The van der Waals surface area contributed by atoms with E-state index in [2.05, 4.69) is 20.6 Å². The van der Waals surface area contributed by atoms with Crippen LogP contribution in [-0.2, 0) is 11.3 Å². The van der Waals surface area contributed by atoms with Crippen LogP contribution in [0.1, 0.15) is 28.0 Å². The number of hydrogen-bond acceptors (Lipinski definition) is 7. The van der Waals surface area contributed by atoms with Crippen molar-refractivity contribution < 1.29 is 14.0 Å². The van der Waals surface area contributed by atoms with Gasteiger partial charge in [0.1, 0.15) is 21.3 Å². The van der Waals surface area contributed by atoms with Crippen LogP contribution in [0.5, 0.6) is 0 Å². The van der Waals surface area contributed by atoms with Gasteiger partial charge >= 0.3 is 0 Å². The van der Waals surface area contributed by atoms with Crippen LogP contribution in [0.15, 0.2) is 46.2 Å². The van der Waals surface area contributed by atoms with Crippen LogP contribution < -0.4 is 10.6 Å². The maximum absolute atomic E-state index is 12.8. The van der Waals surface area contributed by atoms with Gasteiger partial charge in [-0.15, -0.1) is 22.7 Å². The van der Waals surface area contributed by atoms with Gasteiger partial charge in [-0.05, 0) is 31.2 Å². The average Bonchev–Trinajstić information content (AvgIpc) is 3.46. The number of rotatable bonds is 6. The third kappa shape index (κ3) is 5.01. The third-order valence-electron chi connectivity index (χ3n) is 4.24. The maximum atomic E-state index is 12.8. The molecule has 10 heteroatoms. The fourth-order valence-electron chi connectivity index (χ4n) is 2.74. The van der Waals surface area contributed by atoms with Crippen molar-refractivity contribution in [3.05, 3.63) is 63.1 Å². The van der Waals surface area contributed by atoms with Crippen LogP contribution in [0, 0.1) is 6.92 Å². The number of anilines is 1.